The zero-order valence-electron chi connectivity index (χ0n) is 11.5. The van der Waals surface area contributed by atoms with Gasteiger partial charge in [0.1, 0.15) is 12.4 Å². The fraction of sp³-hybridized carbons (Fsp3) is 0.667. The normalized spacial score (nSPS) is 14.3. The van der Waals surface area contributed by atoms with E-state index in [2.05, 4.69) is 15.2 Å². The second kappa shape index (κ2) is 5.38. The molecule has 0 radical (unpaired) electrons. The Hall–Kier alpha value is -1.92. The van der Waals surface area contributed by atoms with Crippen molar-refractivity contribution in [1.82, 2.24) is 25.0 Å². The summed E-state index contributed by atoms with van der Waals surface area (Å²) in [6.07, 6.45) is 2.19. The van der Waals surface area contributed by atoms with Gasteiger partial charge < -0.3 is 9.80 Å². The molecule has 7 heteroatoms. The number of hydrogen-bond acceptors (Lipinski definition) is 4. The van der Waals surface area contributed by atoms with E-state index in [0.29, 0.717) is 12.5 Å². The summed E-state index contributed by atoms with van der Waals surface area (Å²) >= 11 is 0. The Labute approximate surface area is 112 Å². The van der Waals surface area contributed by atoms with Gasteiger partial charge in [-0.05, 0) is 19.8 Å². The highest BCUT2D eigenvalue weighted by Crippen LogP contribution is 2.37. The van der Waals surface area contributed by atoms with Crippen molar-refractivity contribution in [2.45, 2.75) is 25.7 Å². The maximum absolute atomic E-state index is 12.2. The number of likely N-dealkylation sites (N-methyl/N-ethyl adjacent to an activating group) is 2. The highest BCUT2D eigenvalue weighted by atomic mass is 16.2. The van der Waals surface area contributed by atoms with Gasteiger partial charge in [-0.15, -0.1) is 5.10 Å². The molecule has 0 bridgehead atoms. The molecule has 0 atom stereocenters. The first-order chi connectivity index (χ1) is 9.02. The number of hydrogen-bond donors (Lipinski definition) is 1. The number of aromatic amines is 1. The molecule has 0 aliphatic heterocycles. The average molecular weight is 265 g/mol. The molecule has 0 aromatic carbocycles. The van der Waals surface area contributed by atoms with Gasteiger partial charge in [-0.1, -0.05) is 0 Å². The van der Waals surface area contributed by atoms with Crippen LogP contribution in [0.25, 0.3) is 0 Å². The molecule has 1 heterocycles. The van der Waals surface area contributed by atoms with Crippen LogP contribution in [0.2, 0.25) is 0 Å². The van der Waals surface area contributed by atoms with E-state index in [1.165, 1.54) is 9.80 Å². The van der Waals surface area contributed by atoms with Crippen molar-refractivity contribution in [3.63, 3.8) is 0 Å². The van der Waals surface area contributed by atoms with Crippen LogP contribution in [0, 0.1) is 0 Å². The van der Waals surface area contributed by atoms with Crippen molar-refractivity contribution in [2.24, 2.45) is 0 Å². The van der Waals surface area contributed by atoms with Crippen LogP contribution >= 0.6 is 0 Å². The van der Waals surface area contributed by atoms with Crippen LogP contribution in [0.4, 0.5) is 0 Å². The lowest BCUT2D eigenvalue weighted by Crippen LogP contribution is -2.40. The number of H-pyrrole nitrogens is 1. The first-order valence-corrected chi connectivity index (χ1v) is 6.44. The first kappa shape index (κ1) is 13.5. The van der Waals surface area contributed by atoms with Gasteiger partial charge >= 0.3 is 0 Å². The van der Waals surface area contributed by atoms with E-state index in [1.54, 1.807) is 14.1 Å². The Kier molecular flexibility index (Phi) is 3.82. The molecule has 104 valence electrons. The lowest BCUT2D eigenvalue weighted by atomic mass is 10.4. The molecule has 1 aliphatic carbocycles. The summed E-state index contributed by atoms with van der Waals surface area (Å²) in [6.45, 7) is 2.33. The average Bonchev–Trinajstić information content (AvgIpc) is 3.12. The molecule has 19 heavy (non-hydrogen) atoms. The smallest absolute Gasteiger partial charge is 0.293 e. The van der Waals surface area contributed by atoms with Crippen LogP contribution in [0.5, 0.6) is 0 Å². The quantitative estimate of drug-likeness (QED) is 0.826. The van der Waals surface area contributed by atoms with Crippen molar-refractivity contribution in [1.29, 1.82) is 0 Å². The maximum Gasteiger partial charge on any atom is 0.293 e. The minimum atomic E-state index is -0.305. The van der Waals surface area contributed by atoms with Gasteiger partial charge in [0.15, 0.2) is 0 Å². The largest absolute Gasteiger partial charge is 0.347 e. The molecular formula is C12H19N5O2. The summed E-state index contributed by atoms with van der Waals surface area (Å²) in [6, 6.07) is 0. The summed E-state index contributed by atoms with van der Waals surface area (Å²) in [7, 11) is 3.33. The van der Waals surface area contributed by atoms with E-state index < -0.39 is 0 Å². The number of amides is 2. The fourth-order valence-corrected chi connectivity index (χ4v) is 1.68. The van der Waals surface area contributed by atoms with E-state index in [9.17, 15) is 9.59 Å². The lowest BCUT2D eigenvalue weighted by Gasteiger charge is -2.20. The number of rotatable bonds is 5. The van der Waals surface area contributed by atoms with Gasteiger partial charge in [0, 0.05) is 26.6 Å². The molecule has 1 aromatic heterocycles. The third kappa shape index (κ3) is 3.10. The number of carbonyl (C=O) groups is 2. The topological polar surface area (TPSA) is 82.2 Å². The zero-order valence-corrected chi connectivity index (χ0v) is 11.5. The SMILES string of the molecule is CCN(CC(=O)N(C)C)C(=O)c1n[nH]c(C2CC2)n1. The summed E-state index contributed by atoms with van der Waals surface area (Å²) in [5, 5.41) is 6.75. The van der Waals surface area contributed by atoms with E-state index >= 15 is 0 Å². The van der Waals surface area contributed by atoms with E-state index in [1.807, 2.05) is 6.92 Å². The highest BCUT2D eigenvalue weighted by molar-refractivity contribution is 5.93. The van der Waals surface area contributed by atoms with Gasteiger partial charge in [-0.2, -0.15) is 0 Å². The van der Waals surface area contributed by atoms with Crippen molar-refractivity contribution >= 4 is 11.8 Å². The van der Waals surface area contributed by atoms with Crippen molar-refractivity contribution in [2.75, 3.05) is 27.2 Å². The highest BCUT2D eigenvalue weighted by Gasteiger charge is 2.29. The molecule has 0 unspecified atom stereocenters. The van der Waals surface area contributed by atoms with Crippen molar-refractivity contribution in [3.05, 3.63) is 11.6 Å². The zero-order chi connectivity index (χ0) is 14.0. The third-order valence-corrected chi connectivity index (χ3v) is 3.15. The van der Waals surface area contributed by atoms with Gasteiger partial charge in [0.2, 0.25) is 11.7 Å². The van der Waals surface area contributed by atoms with Crippen LogP contribution in [0.1, 0.15) is 42.1 Å². The van der Waals surface area contributed by atoms with Gasteiger partial charge in [-0.25, -0.2) is 4.98 Å². The molecule has 7 nitrogen and oxygen atoms in total. The predicted octanol–water partition coefficient (Wildman–Crippen LogP) is 0.232. The summed E-state index contributed by atoms with van der Waals surface area (Å²) in [4.78, 5) is 31.0. The summed E-state index contributed by atoms with van der Waals surface area (Å²) < 4.78 is 0. The van der Waals surface area contributed by atoms with Crippen molar-refractivity contribution in [3.8, 4) is 0 Å². The Morgan fingerprint density at radius 1 is 1.37 bits per heavy atom. The monoisotopic (exact) mass is 265 g/mol. The maximum atomic E-state index is 12.2. The van der Waals surface area contributed by atoms with Gasteiger partial charge in [0.05, 0.1) is 0 Å². The molecule has 1 N–H and O–H groups in total. The molecule has 1 aromatic rings. The first-order valence-electron chi connectivity index (χ1n) is 6.44. The molecule has 1 aliphatic rings. The van der Waals surface area contributed by atoms with Crippen LogP contribution in [-0.2, 0) is 4.79 Å². The summed E-state index contributed by atoms with van der Waals surface area (Å²) in [5.41, 5.74) is 0. The van der Waals surface area contributed by atoms with Gasteiger partial charge in [0.25, 0.3) is 5.91 Å². The van der Waals surface area contributed by atoms with E-state index in [4.69, 9.17) is 0 Å². The molecule has 1 saturated carbocycles. The number of nitrogens with one attached hydrogen (secondary N) is 1. The Morgan fingerprint density at radius 2 is 2.05 bits per heavy atom. The number of carbonyl (C=O) groups excluding carboxylic acids is 2. The molecule has 0 saturated heterocycles. The second-order valence-electron chi connectivity index (χ2n) is 4.93. The van der Waals surface area contributed by atoms with E-state index in [-0.39, 0.29) is 24.2 Å². The minimum absolute atomic E-state index is 0.0512. The van der Waals surface area contributed by atoms with Crippen LogP contribution in [0.3, 0.4) is 0 Å². The van der Waals surface area contributed by atoms with E-state index in [0.717, 1.165) is 18.7 Å². The van der Waals surface area contributed by atoms with Gasteiger partial charge in [-0.3, -0.25) is 14.7 Å². The summed E-state index contributed by atoms with van der Waals surface area (Å²) in [5.74, 6) is 0.926. The molecule has 0 spiro atoms. The van der Waals surface area contributed by atoms with Crippen LogP contribution in [0.15, 0.2) is 0 Å². The predicted molar refractivity (Wildman–Crippen MR) is 68.6 cm³/mol. The molecular weight excluding hydrogens is 246 g/mol. The third-order valence-electron chi connectivity index (χ3n) is 3.15. The Balaban J connectivity index is 2.04. The molecule has 2 rings (SSSR count). The van der Waals surface area contributed by atoms with Crippen LogP contribution < -0.4 is 0 Å². The standard InChI is InChI=1S/C12H19N5O2/c1-4-17(7-9(18)16(2)3)12(19)11-13-10(14-15-11)8-5-6-8/h8H,4-7H2,1-3H3,(H,13,14,15). The lowest BCUT2D eigenvalue weighted by molar-refractivity contribution is -0.129. The fourth-order valence-electron chi connectivity index (χ4n) is 1.68. The minimum Gasteiger partial charge on any atom is -0.347 e. The van der Waals surface area contributed by atoms with Crippen molar-refractivity contribution < 1.29 is 9.59 Å². The second-order valence-corrected chi connectivity index (χ2v) is 4.93. The molecule has 1 fully saturated rings. The Bertz CT molecular complexity index is 478. The number of aromatic nitrogens is 3. The number of nitrogens with zero attached hydrogens (tertiary/aromatic N) is 4. The Morgan fingerprint density at radius 3 is 2.58 bits per heavy atom. The molecule has 2 amide bonds. The van der Waals surface area contributed by atoms with Crippen LogP contribution in [-0.4, -0.2) is 64.0 Å².